The Balaban J connectivity index is 2.33. The van der Waals surface area contributed by atoms with Crippen LogP contribution in [0.25, 0.3) is 0 Å². The molecular formula is C14H18O4. The van der Waals surface area contributed by atoms with Gasteiger partial charge in [0.1, 0.15) is 18.1 Å². The lowest BCUT2D eigenvalue weighted by molar-refractivity contribution is -0.131. The van der Waals surface area contributed by atoms with Crippen LogP contribution in [0.5, 0.6) is 11.5 Å². The third kappa shape index (κ3) is 5.94. The number of unbranched alkanes of at least 4 members (excludes halogenated alkanes) is 1. The van der Waals surface area contributed by atoms with E-state index in [9.17, 15) is 4.79 Å². The molecule has 1 aromatic rings. The summed E-state index contributed by atoms with van der Waals surface area (Å²) in [7, 11) is 0. The molecule has 1 aromatic carbocycles. The fraction of sp³-hybridized carbons (Fsp3) is 0.357. The van der Waals surface area contributed by atoms with Gasteiger partial charge in [-0.25, -0.2) is 4.79 Å². The van der Waals surface area contributed by atoms with Crippen molar-refractivity contribution in [3.05, 3.63) is 36.4 Å². The molecule has 0 unspecified atom stereocenters. The predicted octanol–water partition coefficient (Wildman–Crippen LogP) is 2.89. The first kappa shape index (κ1) is 14.1. The molecule has 0 heterocycles. The van der Waals surface area contributed by atoms with Crippen LogP contribution in [-0.4, -0.2) is 24.3 Å². The van der Waals surface area contributed by atoms with E-state index in [2.05, 4.69) is 6.92 Å². The zero-order valence-corrected chi connectivity index (χ0v) is 10.5. The molecule has 0 aliphatic carbocycles. The minimum Gasteiger partial charge on any atom is -0.494 e. The summed E-state index contributed by atoms with van der Waals surface area (Å²) in [4.78, 5) is 10.2. The van der Waals surface area contributed by atoms with E-state index in [1.54, 1.807) is 12.1 Å². The first-order valence-corrected chi connectivity index (χ1v) is 5.97. The summed E-state index contributed by atoms with van der Waals surface area (Å²) in [6.45, 7) is 3.07. The average molecular weight is 250 g/mol. The number of carboxylic acids is 1. The summed E-state index contributed by atoms with van der Waals surface area (Å²) in [6.07, 6.45) is 4.66. The van der Waals surface area contributed by atoms with Crippen molar-refractivity contribution < 1.29 is 19.4 Å². The van der Waals surface area contributed by atoms with Crippen molar-refractivity contribution in [2.75, 3.05) is 13.2 Å². The number of aliphatic carboxylic acids is 1. The summed E-state index contributed by atoms with van der Waals surface area (Å²) in [5.41, 5.74) is 0. The highest BCUT2D eigenvalue weighted by molar-refractivity contribution is 5.79. The van der Waals surface area contributed by atoms with Crippen LogP contribution in [-0.2, 0) is 4.79 Å². The highest BCUT2D eigenvalue weighted by atomic mass is 16.5. The maximum atomic E-state index is 10.2. The Morgan fingerprint density at radius 3 is 2.39 bits per heavy atom. The number of benzene rings is 1. The Hall–Kier alpha value is -1.97. The van der Waals surface area contributed by atoms with E-state index < -0.39 is 5.97 Å². The third-order valence-corrected chi connectivity index (χ3v) is 2.20. The van der Waals surface area contributed by atoms with Crippen LogP contribution < -0.4 is 9.47 Å². The summed E-state index contributed by atoms with van der Waals surface area (Å²) in [5.74, 6) is 0.531. The van der Waals surface area contributed by atoms with E-state index in [4.69, 9.17) is 14.6 Å². The first-order chi connectivity index (χ1) is 8.72. The predicted molar refractivity (Wildman–Crippen MR) is 69.1 cm³/mol. The number of rotatable bonds is 8. The maximum Gasteiger partial charge on any atom is 0.328 e. The molecule has 0 bridgehead atoms. The van der Waals surface area contributed by atoms with Crippen molar-refractivity contribution in [3.8, 4) is 11.5 Å². The smallest absolute Gasteiger partial charge is 0.328 e. The Bertz CT molecular complexity index is 381. The van der Waals surface area contributed by atoms with Gasteiger partial charge in [-0.2, -0.15) is 0 Å². The Morgan fingerprint density at radius 1 is 1.22 bits per heavy atom. The molecule has 0 saturated carbocycles. The fourth-order valence-electron chi connectivity index (χ4n) is 1.26. The van der Waals surface area contributed by atoms with Crippen LogP contribution in [0.2, 0.25) is 0 Å². The lowest BCUT2D eigenvalue weighted by Gasteiger charge is -2.07. The second-order valence-electron chi connectivity index (χ2n) is 3.73. The number of carbonyl (C=O) groups is 1. The summed E-state index contributed by atoms with van der Waals surface area (Å²) in [5, 5.41) is 8.39. The molecule has 0 aliphatic rings. The summed E-state index contributed by atoms with van der Waals surface area (Å²) < 4.78 is 10.8. The minimum absolute atomic E-state index is 0.238. The number of hydrogen-bond donors (Lipinski definition) is 1. The molecule has 0 spiro atoms. The monoisotopic (exact) mass is 250 g/mol. The van der Waals surface area contributed by atoms with Gasteiger partial charge < -0.3 is 14.6 Å². The molecular weight excluding hydrogens is 232 g/mol. The molecule has 0 atom stereocenters. The number of ether oxygens (including phenoxy) is 2. The van der Waals surface area contributed by atoms with Gasteiger partial charge in [0.15, 0.2) is 0 Å². The molecule has 0 fully saturated rings. The van der Waals surface area contributed by atoms with E-state index in [1.165, 1.54) is 6.08 Å². The van der Waals surface area contributed by atoms with Gasteiger partial charge in [0.25, 0.3) is 0 Å². The van der Waals surface area contributed by atoms with Crippen molar-refractivity contribution in [2.24, 2.45) is 0 Å². The van der Waals surface area contributed by atoms with Crippen LogP contribution in [0.4, 0.5) is 0 Å². The van der Waals surface area contributed by atoms with Gasteiger partial charge in [-0.3, -0.25) is 0 Å². The average Bonchev–Trinajstić information content (AvgIpc) is 2.36. The van der Waals surface area contributed by atoms with Gasteiger partial charge in [0.2, 0.25) is 0 Å². The van der Waals surface area contributed by atoms with E-state index in [0.29, 0.717) is 5.75 Å². The van der Waals surface area contributed by atoms with Crippen LogP contribution in [0.3, 0.4) is 0 Å². The second kappa shape index (κ2) is 8.17. The van der Waals surface area contributed by atoms with Crippen molar-refractivity contribution in [1.29, 1.82) is 0 Å². The van der Waals surface area contributed by atoms with E-state index >= 15 is 0 Å². The first-order valence-electron chi connectivity index (χ1n) is 5.97. The molecule has 4 nitrogen and oxygen atoms in total. The van der Waals surface area contributed by atoms with Crippen LogP contribution in [0.15, 0.2) is 36.4 Å². The maximum absolute atomic E-state index is 10.2. The largest absolute Gasteiger partial charge is 0.494 e. The van der Waals surface area contributed by atoms with E-state index in [-0.39, 0.29) is 6.61 Å². The van der Waals surface area contributed by atoms with Gasteiger partial charge in [-0.05, 0) is 36.8 Å². The van der Waals surface area contributed by atoms with Gasteiger partial charge in [0, 0.05) is 6.08 Å². The lowest BCUT2D eigenvalue weighted by Crippen LogP contribution is -1.97. The molecule has 0 aliphatic heterocycles. The summed E-state index contributed by atoms with van der Waals surface area (Å²) in [6, 6.07) is 7.28. The zero-order valence-electron chi connectivity index (χ0n) is 10.5. The Labute approximate surface area is 107 Å². The van der Waals surface area contributed by atoms with Crippen LogP contribution >= 0.6 is 0 Å². The topological polar surface area (TPSA) is 55.8 Å². The van der Waals surface area contributed by atoms with Gasteiger partial charge in [0.05, 0.1) is 6.61 Å². The van der Waals surface area contributed by atoms with Crippen molar-refractivity contribution in [1.82, 2.24) is 0 Å². The molecule has 0 saturated heterocycles. The highest BCUT2D eigenvalue weighted by Gasteiger charge is 1.95. The van der Waals surface area contributed by atoms with E-state index in [0.717, 1.165) is 31.3 Å². The standard InChI is InChI=1S/C14H18O4/c1-2-3-10-17-12-6-8-13(9-7-12)18-11-4-5-14(15)16/h4-9H,2-3,10-11H2,1H3,(H,15,16)/b5-4+. The van der Waals surface area contributed by atoms with Crippen LogP contribution in [0, 0.1) is 0 Å². The fourth-order valence-corrected chi connectivity index (χ4v) is 1.26. The highest BCUT2D eigenvalue weighted by Crippen LogP contribution is 2.17. The van der Waals surface area contributed by atoms with Crippen LogP contribution in [0.1, 0.15) is 19.8 Å². The van der Waals surface area contributed by atoms with Gasteiger partial charge in [-0.15, -0.1) is 0 Å². The molecule has 1 N–H and O–H groups in total. The molecule has 4 heteroatoms. The Morgan fingerprint density at radius 2 is 1.83 bits per heavy atom. The quantitative estimate of drug-likeness (QED) is 0.569. The number of carboxylic acid groups (broad SMARTS) is 1. The molecule has 98 valence electrons. The zero-order chi connectivity index (χ0) is 13.2. The molecule has 0 aromatic heterocycles. The van der Waals surface area contributed by atoms with Crippen molar-refractivity contribution >= 4 is 5.97 Å². The normalized spacial score (nSPS) is 10.5. The van der Waals surface area contributed by atoms with Crippen molar-refractivity contribution in [3.63, 3.8) is 0 Å². The SMILES string of the molecule is CCCCOc1ccc(OC/C=C/C(=O)O)cc1. The molecule has 1 rings (SSSR count). The minimum atomic E-state index is -0.974. The lowest BCUT2D eigenvalue weighted by atomic mass is 10.3. The molecule has 0 radical (unpaired) electrons. The molecule has 0 amide bonds. The van der Waals surface area contributed by atoms with Gasteiger partial charge >= 0.3 is 5.97 Å². The third-order valence-electron chi connectivity index (χ3n) is 2.20. The van der Waals surface area contributed by atoms with E-state index in [1.807, 2.05) is 12.1 Å². The second-order valence-corrected chi connectivity index (χ2v) is 3.73. The van der Waals surface area contributed by atoms with Crippen molar-refractivity contribution in [2.45, 2.75) is 19.8 Å². The Kier molecular flexibility index (Phi) is 6.40. The summed E-state index contributed by atoms with van der Waals surface area (Å²) >= 11 is 0. The van der Waals surface area contributed by atoms with Gasteiger partial charge in [-0.1, -0.05) is 13.3 Å². The number of hydrogen-bond acceptors (Lipinski definition) is 3. The molecule has 18 heavy (non-hydrogen) atoms.